The van der Waals surface area contributed by atoms with E-state index in [0.717, 1.165) is 12.8 Å². The molecule has 0 amide bonds. The molecule has 1 aliphatic carbocycles. The molecular weight excluding hydrogens is 773 g/mol. The second-order valence-electron chi connectivity index (χ2n) is 17.8. The molecule has 2 atom stereocenters. The van der Waals surface area contributed by atoms with Gasteiger partial charge in [0.25, 0.3) is 0 Å². The van der Waals surface area contributed by atoms with Gasteiger partial charge < -0.3 is 9.47 Å². The molecule has 0 fully saturated rings. The minimum Gasteiger partial charge on any atom is -0.333 e. The summed E-state index contributed by atoms with van der Waals surface area (Å²) >= 11 is 0. The summed E-state index contributed by atoms with van der Waals surface area (Å²) in [5.74, 6) is 0.186. The number of benzene rings is 8. The highest BCUT2D eigenvalue weighted by Crippen LogP contribution is 2.54. The summed E-state index contributed by atoms with van der Waals surface area (Å²) < 4.78 is 2.49. The van der Waals surface area contributed by atoms with Crippen LogP contribution in [0, 0.1) is 0 Å². The van der Waals surface area contributed by atoms with Crippen molar-refractivity contribution in [1.29, 1.82) is 0 Å². The van der Waals surface area contributed by atoms with Crippen LogP contribution in [0.3, 0.4) is 0 Å². The predicted molar refractivity (Wildman–Crippen MR) is 272 cm³/mol. The summed E-state index contributed by atoms with van der Waals surface area (Å²) in [6, 6.07) is 72.8. The van der Waals surface area contributed by atoms with E-state index in [4.69, 9.17) is 0 Å². The lowest BCUT2D eigenvalue weighted by molar-refractivity contribution is 0.725. The third-order valence-corrected chi connectivity index (χ3v) is 13.7. The quantitative estimate of drug-likeness (QED) is 0.119. The summed E-state index contributed by atoms with van der Waals surface area (Å²) in [7, 11) is 0. The van der Waals surface area contributed by atoms with Gasteiger partial charge in [-0.1, -0.05) is 190 Å². The molecular formula is C62H54N2. The van der Waals surface area contributed by atoms with Gasteiger partial charge in [0, 0.05) is 28.4 Å². The standard InChI is InChI=1S/C62H54N2/c1-3-5-14-43-16-11-18-50(40-43)47-28-26-45(27-29-47)46-34-36-53(37-35-46)63-57-24-9-7-22-55(57)61-59(63)38-39-60-62(61)56-23-8-10-25-58(56)64(60)54-21-13-20-52(42-54)49-32-30-48(31-33-49)51-19-12-17-44(41-51)15-6-4-2/h7-13,16-42,59,61H,3-6,14-15H2,1-2H3. The second kappa shape index (κ2) is 17.2. The van der Waals surface area contributed by atoms with Crippen LogP contribution in [0.4, 0.5) is 11.4 Å². The van der Waals surface area contributed by atoms with Gasteiger partial charge in [0.2, 0.25) is 0 Å². The molecule has 2 aliphatic rings. The molecule has 0 saturated heterocycles. The van der Waals surface area contributed by atoms with Crippen molar-refractivity contribution in [3.05, 3.63) is 228 Å². The molecule has 0 radical (unpaired) electrons. The Hall–Kier alpha value is -7.16. The maximum atomic E-state index is 2.57. The molecule has 2 heterocycles. The van der Waals surface area contributed by atoms with E-state index in [-0.39, 0.29) is 12.0 Å². The van der Waals surface area contributed by atoms with Crippen LogP contribution in [0.1, 0.15) is 73.4 Å². The summed E-state index contributed by atoms with van der Waals surface area (Å²) in [6.07, 6.45) is 12.0. The van der Waals surface area contributed by atoms with Crippen molar-refractivity contribution in [1.82, 2.24) is 4.57 Å². The first kappa shape index (κ1) is 39.7. The fourth-order valence-electron chi connectivity index (χ4n) is 10.5. The zero-order valence-electron chi connectivity index (χ0n) is 36.9. The van der Waals surface area contributed by atoms with Crippen molar-refractivity contribution in [2.24, 2.45) is 0 Å². The lowest BCUT2D eigenvalue weighted by atomic mass is 9.82. The number of aromatic nitrogens is 1. The summed E-state index contributed by atoms with van der Waals surface area (Å²) in [6.45, 7) is 4.52. The first-order valence-corrected chi connectivity index (χ1v) is 23.4. The largest absolute Gasteiger partial charge is 0.333 e. The topological polar surface area (TPSA) is 8.17 Å². The number of para-hydroxylation sites is 2. The van der Waals surface area contributed by atoms with Gasteiger partial charge in [-0.05, 0) is 135 Å². The highest BCUT2D eigenvalue weighted by atomic mass is 15.2. The fourth-order valence-corrected chi connectivity index (χ4v) is 10.5. The Morgan fingerprint density at radius 3 is 1.56 bits per heavy atom. The smallest absolute Gasteiger partial charge is 0.0637 e. The van der Waals surface area contributed by atoms with E-state index >= 15 is 0 Å². The van der Waals surface area contributed by atoms with Crippen molar-refractivity contribution in [3.8, 4) is 50.2 Å². The van der Waals surface area contributed by atoms with Gasteiger partial charge >= 0.3 is 0 Å². The van der Waals surface area contributed by atoms with Crippen molar-refractivity contribution in [2.45, 2.75) is 64.3 Å². The summed E-state index contributed by atoms with van der Waals surface area (Å²) in [5, 5.41) is 1.32. The van der Waals surface area contributed by atoms with Gasteiger partial charge in [-0.25, -0.2) is 0 Å². The van der Waals surface area contributed by atoms with Crippen LogP contribution in [0.2, 0.25) is 0 Å². The molecule has 8 aromatic carbocycles. The van der Waals surface area contributed by atoms with E-state index in [1.54, 1.807) is 0 Å². The molecule has 0 saturated carbocycles. The van der Waals surface area contributed by atoms with Crippen LogP contribution in [0.5, 0.6) is 0 Å². The summed E-state index contributed by atoms with van der Waals surface area (Å²) in [5.41, 5.74) is 21.8. The highest BCUT2D eigenvalue weighted by molar-refractivity contribution is 5.95. The minimum atomic E-state index is 0.152. The Morgan fingerprint density at radius 2 is 0.953 bits per heavy atom. The molecule has 2 unspecified atom stereocenters. The van der Waals surface area contributed by atoms with Crippen molar-refractivity contribution >= 4 is 28.4 Å². The number of hydrogen-bond acceptors (Lipinski definition) is 1. The Bertz CT molecular complexity index is 3130. The third-order valence-electron chi connectivity index (χ3n) is 13.7. The monoisotopic (exact) mass is 826 g/mol. The Labute approximate surface area is 378 Å². The van der Waals surface area contributed by atoms with Gasteiger partial charge in [0.1, 0.15) is 0 Å². The highest BCUT2D eigenvalue weighted by Gasteiger charge is 2.43. The first-order valence-electron chi connectivity index (χ1n) is 23.4. The molecule has 0 N–H and O–H groups in total. The molecule has 312 valence electrons. The SMILES string of the molecule is CCCCc1cccc(-c2ccc(-c3ccc(N4c5ccccc5C5c6c(n(-c7cccc(-c8ccc(-c9cccc(CCCC)c9)cc8)c7)c7ccccc67)C=CC54)cc3)cc2)c1. The van der Waals surface area contributed by atoms with Gasteiger partial charge in [-0.3, -0.25) is 0 Å². The van der Waals surface area contributed by atoms with E-state index in [0.29, 0.717) is 0 Å². The Kier molecular flexibility index (Phi) is 10.7. The van der Waals surface area contributed by atoms with Crippen LogP contribution < -0.4 is 4.90 Å². The normalized spacial score (nSPS) is 15.0. The van der Waals surface area contributed by atoms with Crippen molar-refractivity contribution < 1.29 is 0 Å². The Balaban J connectivity index is 0.900. The number of rotatable bonds is 12. The molecule has 1 aliphatic heterocycles. The van der Waals surface area contributed by atoms with Crippen LogP contribution >= 0.6 is 0 Å². The van der Waals surface area contributed by atoms with E-state index < -0.39 is 0 Å². The molecule has 11 rings (SSSR count). The number of hydrogen-bond donors (Lipinski definition) is 0. The molecule has 1 aromatic heterocycles. The lowest BCUT2D eigenvalue weighted by Crippen LogP contribution is -2.30. The zero-order valence-corrected chi connectivity index (χ0v) is 36.9. The molecule has 0 bridgehead atoms. The zero-order chi connectivity index (χ0) is 43.0. The van der Waals surface area contributed by atoms with Gasteiger partial charge in [-0.2, -0.15) is 0 Å². The first-order chi connectivity index (χ1) is 31.6. The minimum absolute atomic E-state index is 0.152. The fraction of sp³-hybridized carbons (Fsp3) is 0.161. The molecule has 64 heavy (non-hydrogen) atoms. The van der Waals surface area contributed by atoms with Crippen molar-refractivity contribution in [2.75, 3.05) is 4.90 Å². The van der Waals surface area contributed by atoms with Gasteiger partial charge in [-0.15, -0.1) is 0 Å². The van der Waals surface area contributed by atoms with E-state index in [2.05, 4.69) is 230 Å². The number of aryl methyl sites for hydroxylation is 2. The average molecular weight is 827 g/mol. The maximum Gasteiger partial charge on any atom is 0.0637 e. The van der Waals surface area contributed by atoms with Crippen LogP contribution in [0.15, 0.2) is 200 Å². The van der Waals surface area contributed by atoms with Gasteiger partial charge in [0.05, 0.1) is 17.3 Å². The van der Waals surface area contributed by atoms with E-state index in [9.17, 15) is 0 Å². The van der Waals surface area contributed by atoms with Crippen molar-refractivity contribution in [3.63, 3.8) is 0 Å². The van der Waals surface area contributed by atoms with E-state index in [1.165, 1.54) is 126 Å². The average Bonchev–Trinajstić information content (AvgIpc) is 3.88. The second-order valence-corrected chi connectivity index (χ2v) is 17.8. The molecule has 2 nitrogen and oxygen atoms in total. The molecule has 9 aromatic rings. The summed E-state index contributed by atoms with van der Waals surface area (Å²) in [4.78, 5) is 2.57. The van der Waals surface area contributed by atoms with Crippen LogP contribution in [-0.4, -0.2) is 10.6 Å². The number of unbranched alkanes of at least 4 members (excludes halogenated alkanes) is 2. The maximum absolute atomic E-state index is 2.57. The lowest BCUT2D eigenvalue weighted by Gasteiger charge is -2.31. The third kappa shape index (κ3) is 7.27. The van der Waals surface area contributed by atoms with Crippen LogP contribution in [0.25, 0.3) is 67.2 Å². The number of anilines is 2. The predicted octanol–water partition coefficient (Wildman–Crippen LogP) is 16.7. The van der Waals surface area contributed by atoms with Crippen LogP contribution in [-0.2, 0) is 12.8 Å². The van der Waals surface area contributed by atoms with Gasteiger partial charge in [0.15, 0.2) is 0 Å². The number of fused-ring (bicyclic) bond motifs is 7. The molecule has 2 heteroatoms. The Morgan fingerprint density at radius 1 is 0.438 bits per heavy atom. The number of nitrogens with zero attached hydrogens (tertiary/aromatic N) is 2. The van der Waals surface area contributed by atoms with E-state index in [1.807, 2.05) is 0 Å². The molecule has 0 spiro atoms.